The van der Waals surface area contributed by atoms with Gasteiger partial charge in [0.15, 0.2) is 0 Å². The summed E-state index contributed by atoms with van der Waals surface area (Å²) in [6, 6.07) is 16.4. The van der Waals surface area contributed by atoms with Crippen LogP contribution in [0.1, 0.15) is 18.4 Å². The second-order valence-electron chi connectivity index (χ2n) is 7.03. The molecule has 0 aromatic heterocycles. The number of halogens is 1. The number of rotatable bonds is 8. The Morgan fingerprint density at radius 3 is 2.57 bits per heavy atom. The van der Waals surface area contributed by atoms with E-state index in [-0.39, 0.29) is 11.8 Å². The Kier molecular flexibility index (Phi) is 7.90. The van der Waals surface area contributed by atoms with Crippen LogP contribution >= 0.6 is 11.6 Å². The number of amides is 1. The third kappa shape index (κ3) is 6.58. The Balaban J connectivity index is 1.41. The highest BCUT2D eigenvalue weighted by molar-refractivity contribution is 7.92. The van der Waals surface area contributed by atoms with Gasteiger partial charge in [-0.1, -0.05) is 48.0 Å². The zero-order chi connectivity index (χ0) is 21.4. The standard InChI is InChI=1S/C22H25ClN2O4S/c23-20-7-4-8-21(17-20)29-15-12-24-22(26)19-9-13-25(14-10-19)30(27,28)16-11-18-5-2-1-3-6-18/h1-8,11,16-17,19H,9-10,12-15H2,(H,24,26)/b16-11+. The lowest BCUT2D eigenvalue weighted by Gasteiger charge is -2.29. The lowest BCUT2D eigenvalue weighted by molar-refractivity contribution is -0.126. The van der Waals surface area contributed by atoms with Crippen molar-refractivity contribution in [1.29, 1.82) is 0 Å². The third-order valence-electron chi connectivity index (χ3n) is 4.88. The zero-order valence-corrected chi connectivity index (χ0v) is 18.1. The molecule has 1 saturated heterocycles. The number of benzene rings is 2. The molecule has 160 valence electrons. The molecule has 30 heavy (non-hydrogen) atoms. The predicted molar refractivity (Wildman–Crippen MR) is 119 cm³/mol. The van der Waals surface area contributed by atoms with Crippen LogP contribution in [0.4, 0.5) is 0 Å². The van der Waals surface area contributed by atoms with Crippen LogP contribution in [0.25, 0.3) is 6.08 Å². The van der Waals surface area contributed by atoms with Crippen LogP contribution in [0.5, 0.6) is 5.75 Å². The van der Waals surface area contributed by atoms with Gasteiger partial charge in [0.1, 0.15) is 12.4 Å². The van der Waals surface area contributed by atoms with Crippen molar-refractivity contribution in [3.63, 3.8) is 0 Å². The highest BCUT2D eigenvalue weighted by atomic mass is 35.5. The first-order valence-electron chi connectivity index (χ1n) is 9.83. The monoisotopic (exact) mass is 448 g/mol. The fourth-order valence-corrected chi connectivity index (χ4v) is 4.63. The van der Waals surface area contributed by atoms with Crippen molar-refractivity contribution in [2.45, 2.75) is 12.8 Å². The quantitative estimate of drug-likeness (QED) is 0.626. The third-order valence-corrected chi connectivity index (χ3v) is 6.68. The fraction of sp³-hybridized carbons (Fsp3) is 0.318. The first kappa shape index (κ1) is 22.3. The van der Waals surface area contributed by atoms with Crippen LogP contribution in [0.2, 0.25) is 5.02 Å². The molecule has 1 N–H and O–H groups in total. The summed E-state index contributed by atoms with van der Waals surface area (Å²) >= 11 is 5.90. The van der Waals surface area contributed by atoms with E-state index in [1.165, 1.54) is 9.71 Å². The first-order valence-corrected chi connectivity index (χ1v) is 11.7. The van der Waals surface area contributed by atoms with Crippen LogP contribution in [0, 0.1) is 5.92 Å². The number of nitrogens with zero attached hydrogens (tertiary/aromatic N) is 1. The van der Waals surface area contributed by atoms with Crippen molar-refractivity contribution >= 4 is 33.6 Å². The molecular weight excluding hydrogens is 424 g/mol. The Morgan fingerprint density at radius 2 is 1.87 bits per heavy atom. The lowest BCUT2D eigenvalue weighted by atomic mass is 9.97. The van der Waals surface area contributed by atoms with Crippen LogP contribution in [0.15, 0.2) is 60.0 Å². The van der Waals surface area contributed by atoms with Crippen LogP contribution in [0.3, 0.4) is 0 Å². The van der Waals surface area contributed by atoms with E-state index in [0.717, 1.165) is 5.56 Å². The van der Waals surface area contributed by atoms with Gasteiger partial charge < -0.3 is 10.1 Å². The van der Waals surface area contributed by atoms with Crippen molar-refractivity contribution < 1.29 is 17.9 Å². The molecule has 0 atom stereocenters. The topological polar surface area (TPSA) is 75.7 Å². The van der Waals surface area contributed by atoms with E-state index < -0.39 is 10.0 Å². The molecule has 0 bridgehead atoms. The molecule has 0 saturated carbocycles. The van der Waals surface area contributed by atoms with Crippen molar-refractivity contribution in [3.8, 4) is 5.75 Å². The summed E-state index contributed by atoms with van der Waals surface area (Å²) in [7, 11) is -3.50. The first-order chi connectivity index (χ1) is 14.4. The zero-order valence-electron chi connectivity index (χ0n) is 16.5. The van der Waals surface area contributed by atoms with E-state index >= 15 is 0 Å². The number of nitrogens with one attached hydrogen (secondary N) is 1. The van der Waals surface area contributed by atoms with Gasteiger partial charge in [0.25, 0.3) is 0 Å². The summed E-state index contributed by atoms with van der Waals surface area (Å²) in [5.41, 5.74) is 0.829. The van der Waals surface area contributed by atoms with Gasteiger partial charge in [-0.05, 0) is 42.7 Å². The minimum absolute atomic E-state index is 0.0680. The molecule has 0 unspecified atom stereocenters. The molecule has 0 aliphatic carbocycles. The number of piperidine rings is 1. The average molecular weight is 449 g/mol. The minimum atomic E-state index is -3.50. The summed E-state index contributed by atoms with van der Waals surface area (Å²) in [5, 5.41) is 4.68. The summed E-state index contributed by atoms with van der Waals surface area (Å²) in [5.74, 6) is 0.390. The smallest absolute Gasteiger partial charge is 0.236 e. The number of ether oxygens (including phenoxy) is 1. The molecule has 2 aromatic carbocycles. The van der Waals surface area contributed by atoms with Gasteiger partial charge in [0.2, 0.25) is 15.9 Å². The molecule has 1 amide bonds. The molecule has 3 rings (SSSR count). The molecule has 6 nitrogen and oxygen atoms in total. The Hall–Kier alpha value is -2.35. The van der Waals surface area contributed by atoms with Gasteiger partial charge >= 0.3 is 0 Å². The number of hydrogen-bond acceptors (Lipinski definition) is 4. The summed E-state index contributed by atoms with van der Waals surface area (Å²) in [6.07, 6.45) is 2.59. The van der Waals surface area contributed by atoms with Crippen molar-refractivity contribution in [3.05, 3.63) is 70.6 Å². The molecule has 1 heterocycles. The largest absolute Gasteiger partial charge is 0.492 e. The maximum absolute atomic E-state index is 12.5. The van der Waals surface area contributed by atoms with Crippen LogP contribution in [-0.4, -0.2) is 44.9 Å². The van der Waals surface area contributed by atoms with Gasteiger partial charge in [-0.2, -0.15) is 4.31 Å². The van der Waals surface area contributed by atoms with Gasteiger partial charge in [-0.25, -0.2) is 8.42 Å². The molecule has 1 fully saturated rings. The Bertz CT molecular complexity index is 972. The molecule has 1 aliphatic heterocycles. The molecule has 8 heteroatoms. The van der Waals surface area contributed by atoms with E-state index in [0.29, 0.717) is 49.9 Å². The van der Waals surface area contributed by atoms with Crippen LogP contribution in [-0.2, 0) is 14.8 Å². The van der Waals surface area contributed by atoms with Gasteiger partial charge in [0, 0.05) is 29.4 Å². The van der Waals surface area contributed by atoms with Gasteiger partial charge in [-0.3, -0.25) is 4.79 Å². The van der Waals surface area contributed by atoms with Crippen molar-refractivity contribution in [2.75, 3.05) is 26.2 Å². The van der Waals surface area contributed by atoms with E-state index in [4.69, 9.17) is 16.3 Å². The number of carbonyl (C=O) groups excluding carboxylic acids is 1. The fourth-order valence-electron chi connectivity index (χ4n) is 3.23. The molecule has 1 aliphatic rings. The summed E-state index contributed by atoms with van der Waals surface area (Å²) < 4.78 is 32.0. The molecule has 2 aromatic rings. The summed E-state index contributed by atoms with van der Waals surface area (Å²) in [6.45, 7) is 1.38. The average Bonchev–Trinajstić information content (AvgIpc) is 2.76. The molecule has 0 spiro atoms. The number of sulfonamides is 1. The second kappa shape index (κ2) is 10.6. The maximum Gasteiger partial charge on any atom is 0.236 e. The SMILES string of the molecule is O=C(NCCOc1cccc(Cl)c1)C1CCN(S(=O)(=O)/C=C/c2ccccc2)CC1. The predicted octanol–water partition coefficient (Wildman–Crippen LogP) is 3.55. The molecule has 0 radical (unpaired) electrons. The maximum atomic E-state index is 12.5. The Morgan fingerprint density at radius 1 is 1.13 bits per heavy atom. The molecular formula is C22H25ClN2O4S. The minimum Gasteiger partial charge on any atom is -0.492 e. The van der Waals surface area contributed by atoms with E-state index in [1.807, 2.05) is 30.3 Å². The highest BCUT2D eigenvalue weighted by Crippen LogP contribution is 2.21. The lowest BCUT2D eigenvalue weighted by Crippen LogP contribution is -2.43. The highest BCUT2D eigenvalue weighted by Gasteiger charge is 2.29. The van der Waals surface area contributed by atoms with Gasteiger partial charge in [-0.15, -0.1) is 0 Å². The normalized spacial score (nSPS) is 15.9. The number of hydrogen-bond donors (Lipinski definition) is 1. The van der Waals surface area contributed by atoms with Crippen LogP contribution < -0.4 is 10.1 Å². The van der Waals surface area contributed by atoms with E-state index in [2.05, 4.69) is 5.32 Å². The van der Waals surface area contributed by atoms with E-state index in [1.54, 1.807) is 30.3 Å². The van der Waals surface area contributed by atoms with Crippen molar-refractivity contribution in [2.24, 2.45) is 5.92 Å². The van der Waals surface area contributed by atoms with Gasteiger partial charge in [0.05, 0.1) is 6.54 Å². The Labute approximate surface area is 182 Å². The second-order valence-corrected chi connectivity index (χ2v) is 9.28. The number of carbonyl (C=O) groups is 1. The summed E-state index contributed by atoms with van der Waals surface area (Å²) in [4.78, 5) is 12.4. The van der Waals surface area contributed by atoms with E-state index in [9.17, 15) is 13.2 Å². The van der Waals surface area contributed by atoms with Crippen molar-refractivity contribution in [1.82, 2.24) is 9.62 Å².